The third-order valence-corrected chi connectivity index (χ3v) is 6.26. The predicted molar refractivity (Wildman–Crippen MR) is 136 cm³/mol. The lowest BCUT2D eigenvalue weighted by molar-refractivity contribution is 0.0577. The van der Waals surface area contributed by atoms with Crippen molar-refractivity contribution >= 4 is 23.2 Å². The van der Waals surface area contributed by atoms with Gasteiger partial charge in [0.2, 0.25) is 5.75 Å². The highest BCUT2D eigenvalue weighted by Crippen LogP contribution is 2.40. The monoisotopic (exact) mass is 526 g/mol. The minimum Gasteiger partial charge on any atom is -0.501 e. The number of aromatic hydroxyl groups is 1. The Balaban J connectivity index is 1.81. The topological polar surface area (TPSA) is 148 Å². The molecule has 4 aromatic rings. The molecule has 12 heteroatoms. The number of nitrogens with one attached hydrogen (secondary N) is 1. The van der Waals surface area contributed by atoms with Gasteiger partial charge in [0.1, 0.15) is 17.8 Å². The van der Waals surface area contributed by atoms with Crippen molar-refractivity contribution in [3.05, 3.63) is 87.1 Å². The van der Waals surface area contributed by atoms with Crippen LogP contribution in [0.25, 0.3) is 0 Å². The van der Waals surface area contributed by atoms with E-state index in [1.807, 2.05) is 25.1 Å². The van der Waals surface area contributed by atoms with Gasteiger partial charge in [0, 0.05) is 30.1 Å². The van der Waals surface area contributed by atoms with Gasteiger partial charge in [0.05, 0.1) is 24.5 Å². The molecular formula is C25H27ClN6O5. The number of hydrogen-bond acceptors (Lipinski definition) is 8. The SMILES string of the molecule is C[C@H](c1nc(C(=O)Nc2cnoc2)c(O)c(=O)n1C)[C@H](c1cnn(CC(C)(C)O)c1)c1ccccc1Cl. The lowest BCUT2D eigenvalue weighted by Crippen LogP contribution is -2.29. The number of anilines is 1. The number of aromatic nitrogens is 5. The zero-order chi connectivity index (χ0) is 26.9. The van der Waals surface area contributed by atoms with Crippen LogP contribution in [0.5, 0.6) is 5.75 Å². The fourth-order valence-corrected chi connectivity index (χ4v) is 4.52. The smallest absolute Gasteiger partial charge is 0.296 e. The first-order chi connectivity index (χ1) is 17.5. The summed E-state index contributed by atoms with van der Waals surface area (Å²) in [6.07, 6.45) is 5.96. The maximum Gasteiger partial charge on any atom is 0.296 e. The van der Waals surface area contributed by atoms with E-state index in [4.69, 9.17) is 16.1 Å². The van der Waals surface area contributed by atoms with Crippen LogP contribution in [0.1, 0.15) is 60.0 Å². The number of hydrogen-bond donors (Lipinski definition) is 3. The van der Waals surface area contributed by atoms with Crippen LogP contribution in [0.2, 0.25) is 5.02 Å². The fraction of sp³-hybridized carbons (Fsp3) is 0.320. The van der Waals surface area contributed by atoms with E-state index in [-0.39, 0.29) is 18.1 Å². The highest BCUT2D eigenvalue weighted by molar-refractivity contribution is 6.31. The molecule has 0 unspecified atom stereocenters. The van der Waals surface area contributed by atoms with Crippen LogP contribution < -0.4 is 10.9 Å². The van der Waals surface area contributed by atoms with Crippen molar-refractivity contribution in [1.82, 2.24) is 24.5 Å². The number of benzene rings is 1. The van der Waals surface area contributed by atoms with Crippen molar-refractivity contribution in [2.75, 3.05) is 5.32 Å². The van der Waals surface area contributed by atoms with E-state index in [1.165, 1.54) is 24.1 Å². The Morgan fingerprint density at radius 1 is 1.27 bits per heavy atom. The van der Waals surface area contributed by atoms with Gasteiger partial charge in [-0.15, -0.1) is 0 Å². The molecule has 1 aromatic carbocycles. The molecule has 0 radical (unpaired) electrons. The first-order valence-corrected chi connectivity index (χ1v) is 11.8. The molecule has 0 saturated heterocycles. The van der Waals surface area contributed by atoms with Crippen molar-refractivity contribution < 1.29 is 19.5 Å². The lowest BCUT2D eigenvalue weighted by Gasteiger charge is -2.26. The van der Waals surface area contributed by atoms with E-state index in [0.29, 0.717) is 5.02 Å². The minimum absolute atomic E-state index is 0.245. The number of halogens is 1. The summed E-state index contributed by atoms with van der Waals surface area (Å²) < 4.78 is 7.55. The van der Waals surface area contributed by atoms with Crippen LogP contribution >= 0.6 is 11.6 Å². The Labute approximate surface area is 217 Å². The number of carbonyl (C=O) groups excluding carboxylic acids is 1. The van der Waals surface area contributed by atoms with Gasteiger partial charge in [-0.3, -0.25) is 18.8 Å². The summed E-state index contributed by atoms with van der Waals surface area (Å²) in [5.74, 6) is -2.25. The van der Waals surface area contributed by atoms with E-state index in [1.54, 1.807) is 37.0 Å². The third-order valence-electron chi connectivity index (χ3n) is 5.92. The molecule has 3 aromatic heterocycles. The van der Waals surface area contributed by atoms with Crippen molar-refractivity contribution in [2.45, 2.75) is 44.8 Å². The lowest BCUT2D eigenvalue weighted by atomic mass is 9.82. The summed E-state index contributed by atoms with van der Waals surface area (Å²) in [5.41, 5.74) is -0.413. The molecule has 3 N–H and O–H groups in total. The van der Waals surface area contributed by atoms with E-state index in [2.05, 4.69) is 20.6 Å². The maximum absolute atomic E-state index is 12.9. The third kappa shape index (κ3) is 5.57. The molecule has 194 valence electrons. The first kappa shape index (κ1) is 26.1. The Morgan fingerprint density at radius 2 is 2.00 bits per heavy atom. The van der Waals surface area contributed by atoms with Gasteiger partial charge in [0.15, 0.2) is 5.69 Å². The van der Waals surface area contributed by atoms with Crippen molar-refractivity contribution in [1.29, 1.82) is 0 Å². The number of rotatable bonds is 8. The van der Waals surface area contributed by atoms with Crippen LogP contribution in [0.15, 0.2) is 58.4 Å². The molecule has 0 aliphatic rings. The molecule has 4 rings (SSSR count). The molecular weight excluding hydrogens is 500 g/mol. The molecule has 2 atom stereocenters. The number of aliphatic hydroxyl groups is 1. The Kier molecular flexibility index (Phi) is 7.19. The minimum atomic E-state index is -0.982. The molecule has 0 fully saturated rings. The maximum atomic E-state index is 12.9. The van der Waals surface area contributed by atoms with Crippen molar-refractivity contribution in [3.63, 3.8) is 0 Å². The number of nitrogens with zero attached hydrogens (tertiary/aromatic N) is 5. The summed E-state index contributed by atoms with van der Waals surface area (Å²) in [7, 11) is 1.48. The quantitative estimate of drug-likeness (QED) is 0.317. The Hall–Kier alpha value is -3.96. The van der Waals surface area contributed by atoms with Crippen LogP contribution in [-0.4, -0.2) is 46.2 Å². The van der Waals surface area contributed by atoms with Gasteiger partial charge in [-0.05, 0) is 31.0 Å². The molecule has 37 heavy (non-hydrogen) atoms. The van der Waals surface area contributed by atoms with Crippen LogP contribution in [-0.2, 0) is 13.6 Å². The average Bonchev–Trinajstić information content (AvgIpc) is 3.50. The molecule has 1 amide bonds. The van der Waals surface area contributed by atoms with Crippen LogP contribution in [0.4, 0.5) is 5.69 Å². The van der Waals surface area contributed by atoms with E-state index in [0.717, 1.165) is 11.1 Å². The standard InChI is InChI=1S/C25H27ClN6O5/c1-14(22-30-20(21(33)24(35)31(22)4)23(34)29-16-10-28-37-12-16)19(17-7-5-6-8-18(17)26)15-9-27-32(11-15)13-25(2,3)36/h5-12,14,19,33,36H,13H2,1-4H3,(H,29,34)/t14-,19+/m0/s1. The second-order valence-corrected chi connectivity index (χ2v) is 9.88. The molecule has 0 bridgehead atoms. The van der Waals surface area contributed by atoms with Gasteiger partial charge in [-0.25, -0.2) is 4.98 Å². The van der Waals surface area contributed by atoms with Gasteiger partial charge in [-0.1, -0.05) is 41.9 Å². The molecule has 0 saturated carbocycles. The van der Waals surface area contributed by atoms with Crippen LogP contribution in [0.3, 0.4) is 0 Å². The fourth-order valence-electron chi connectivity index (χ4n) is 4.27. The molecule has 0 spiro atoms. The molecule has 11 nitrogen and oxygen atoms in total. The number of carbonyl (C=O) groups is 1. The summed E-state index contributed by atoms with van der Waals surface area (Å²) in [6.45, 7) is 5.48. The van der Waals surface area contributed by atoms with Gasteiger partial charge in [0.25, 0.3) is 11.5 Å². The summed E-state index contributed by atoms with van der Waals surface area (Å²) >= 11 is 6.60. The van der Waals surface area contributed by atoms with E-state index >= 15 is 0 Å². The Morgan fingerprint density at radius 3 is 2.65 bits per heavy atom. The van der Waals surface area contributed by atoms with Crippen molar-refractivity contribution in [3.8, 4) is 5.75 Å². The molecule has 0 aliphatic carbocycles. The Bertz CT molecular complexity index is 1470. The van der Waals surface area contributed by atoms with Crippen LogP contribution in [0, 0.1) is 0 Å². The van der Waals surface area contributed by atoms with Gasteiger partial charge in [-0.2, -0.15) is 5.10 Å². The summed E-state index contributed by atoms with van der Waals surface area (Å²) in [4.78, 5) is 30.2. The first-order valence-electron chi connectivity index (χ1n) is 11.5. The van der Waals surface area contributed by atoms with Crippen molar-refractivity contribution in [2.24, 2.45) is 7.05 Å². The normalized spacial score (nSPS) is 13.4. The predicted octanol–water partition coefficient (Wildman–Crippen LogP) is 3.28. The molecule has 0 aliphatic heterocycles. The van der Waals surface area contributed by atoms with Gasteiger partial charge < -0.3 is 20.1 Å². The summed E-state index contributed by atoms with van der Waals surface area (Å²) in [6, 6.07) is 7.30. The second kappa shape index (κ2) is 10.2. The second-order valence-electron chi connectivity index (χ2n) is 9.47. The summed E-state index contributed by atoms with van der Waals surface area (Å²) in [5, 5.41) is 31.6. The molecule has 3 heterocycles. The zero-order valence-corrected chi connectivity index (χ0v) is 21.5. The zero-order valence-electron chi connectivity index (χ0n) is 20.7. The largest absolute Gasteiger partial charge is 0.501 e. The highest BCUT2D eigenvalue weighted by Gasteiger charge is 2.31. The van der Waals surface area contributed by atoms with Gasteiger partial charge >= 0.3 is 0 Å². The number of amides is 1. The average molecular weight is 527 g/mol. The highest BCUT2D eigenvalue weighted by atomic mass is 35.5. The van der Waals surface area contributed by atoms with E-state index in [9.17, 15) is 19.8 Å². The van der Waals surface area contributed by atoms with E-state index < -0.39 is 40.3 Å².